The van der Waals surface area contributed by atoms with E-state index in [1.165, 1.54) is 32.1 Å². The van der Waals surface area contributed by atoms with E-state index in [2.05, 4.69) is 10.6 Å². The maximum atomic E-state index is 13.3. The molecule has 4 rings (SSSR count). The molecule has 2 fully saturated rings. The number of carbonyl (C=O) groups is 3. The van der Waals surface area contributed by atoms with Crippen molar-refractivity contribution in [3.8, 4) is 5.75 Å². The number of ether oxygens (including phenoxy) is 2. The standard InChI is InChI=1S/C26H37N3O5/c1-3-24(30)28-18-9-12-22-20(13-18)26(32)29(2)21-11-10-19(34-23(21)16-33-22)14-25(31)27-15-17-7-5-4-6-8-17/h9,12-13,17,19,21,23H,3-8,10-11,14-16H2,1-2H3,(H,27,31)(H,28,30)/t19-,21-,23+/m0/s1. The average Bonchev–Trinajstić information content (AvgIpc) is 2.86. The number of benzene rings is 1. The lowest BCUT2D eigenvalue weighted by atomic mass is 9.89. The van der Waals surface area contributed by atoms with Gasteiger partial charge in [0.2, 0.25) is 11.8 Å². The number of carbonyl (C=O) groups excluding carboxylic acids is 3. The fraction of sp³-hybridized carbons (Fsp3) is 0.654. The van der Waals surface area contributed by atoms with Gasteiger partial charge in [-0.25, -0.2) is 0 Å². The molecule has 186 valence electrons. The van der Waals surface area contributed by atoms with Gasteiger partial charge in [0.15, 0.2) is 0 Å². The second-order valence-corrected chi connectivity index (χ2v) is 9.79. The number of fused-ring (bicyclic) bond motifs is 2. The third kappa shape index (κ3) is 5.90. The normalized spacial score (nSPS) is 25.3. The van der Waals surface area contributed by atoms with Gasteiger partial charge in [0.1, 0.15) is 18.5 Å². The molecule has 3 atom stereocenters. The second-order valence-electron chi connectivity index (χ2n) is 9.79. The Bertz CT molecular complexity index is 898. The van der Waals surface area contributed by atoms with Crippen LogP contribution < -0.4 is 15.4 Å². The van der Waals surface area contributed by atoms with E-state index in [0.717, 1.165) is 19.4 Å². The van der Waals surface area contributed by atoms with Crippen molar-refractivity contribution in [1.29, 1.82) is 0 Å². The monoisotopic (exact) mass is 471 g/mol. The summed E-state index contributed by atoms with van der Waals surface area (Å²) in [4.78, 5) is 39.3. The van der Waals surface area contributed by atoms with E-state index in [1.807, 2.05) is 0 Å². The van der Waals surface area contributed by atoms with Crippen LogP contribution in [0.4, 0.5) is 5.69 Å². The first kappa shape index (κ1) is 24.5. The molecule has 34 heavy (non-hydrogen) atoms. The molecule has 1 aromatic carbocycles. The molecule has 1 aromatic rings. The summed E-state index contributed by atoms with van der Waals surface area (Å²) in [5.41, 5.74) is 1.01. The second kappa shape index (κ2) is 11.2. The Morgan fingerprint density at radius 1 is 1.09 bits per heavy atom. The number of hydrogen-bond donors (Lipinski definition) is 2. The smallest absolute Gasteiger partial charge is 0.257 e. The molecule has 3 amide bonds. The number of rotatable bonds is 6. The first-order chi connectivity index (χ1) is 16.4. The minimum atomic E-state index is -0.300. The van der Waals surface area contributed by atoms with E-state index in [0.29, 0.717) is 42.4 Å². The minimum Gasteiger partial charge on any atom is -0.490 e. The van der Waals surface area contributed by atoms with Crippen LogP contribution in [0.15, 0.2) is 18.2 Å². The zero-order chi connectivity index (χ0) is 24.1. The van der Waals surface area contributed by atoms with Crippen LogP contribution in [0, 0.1) is 5.92 Å². The topological polar surface area (TPSA) is 97.0 Å². The molecule has 0 aromatic heterocycles. The maximum absolute atomic E-state index is 13.3. The fourth-order valence-electron chi connectivity index (χ4n) is 5.28. The summed E-state index contributed by atoms with van der Waals surface area (Å²) in [7, 11) is 1.78. The Labute approximate surface area is 201 Å². The van der Waals surface area contributed by atoms with Crippen LogP contribution in [0.1, 0.15) is 75.1 Å². The lowest BCUT2D eigenvalue weighted by Crippen LogP contribution is -2.54. The van der Waals surface area contributed by atoms with E-state index < -0.39 is 0 Å². The van der Waals surface area contributed by atoms with Crippen LogP contribution in [-0.4, -0.2) is 61.1 Å². The minimum absolute atomic E-state index is 0.0391. The Morgan fingerprint density at radius 3 is 2.65 bits per heavy atom. The molecule has 2 heterocycles. The Hall–Kier alpha value is -2.61. The van der Waals surface area contributed by atoms with Gasteiger partial charge in [-0.1, -0.05) is 26.2 Å². The number of nitrogens with one attached hydrogen (secondary N) is 2. The van der Waals surface area contributed by atoms with Crippen LogP contribution in [0.5, 0.6) is 5.75 Å². The zero-order valence-corrected chi connectivity index (χ0v) is 20.3. The Morgan fingerprint density at radius 2 is 1.88 bits per heavy atom. The van der Waals surface area contributed by atoms with Crippen molar-refractivity contribution in [2.75, 3.05) is 25.5 Å². The summed E-state index contributed by atoms with van der Waals surface area (Å²) in [6.07, 6.45) is 7.93. The van der Waals surface area contributed by atoms with E-state index in [-0.39, 0.29) is 36.0 Å². The molecular weight excluding hydrogens is 434 g/mol. The highest BCUT2D eigenvalue weighted by atomic mass is 16.5. The number of hydrogen-bond acceptors (Lipinski definition) is 5. The van der Waals surface area contributed by atoms with Gasteiger partial charge in [-0.3, -0.25) is 14.4 Å². The molecule has 0 spiro atoms. The van der Waals surface area contributed by atoms with Gasteiger partial charge in [0, 0.05) is 25.7 Å². The van der Waals surface area contributed by atoms with Gasteiger partial charge in [-0.15, -0.1) is 0 Å². The van der Waals surface area contributed by atoms with Gasteiger partial charge < -0.3 is 25.0 Å². The fourth-order valence-corrected chi connectivity index (χ4v) is 5.28. The highest BCUT2D eigenvalue weighted by Crippen LogP contribution is 2.32. The summed E-state index contributed by atoms with van der Waals surface area (Å²) in [6, 6.07) is 4.99. The zero-order valence-electron chi connectivity index (χ0n) is 20.3. The molecule has 1 saturated carbocycles. The van der Waals surface area contributed by atoms with Crippen LogP contribution >= 0.6 is 0 Å². The van der Waals surface area contributed by atoms with Crippen molar-refractivity contribution >= 4 is 23.4 Å². The lowest BCUT2D eigenvalue weighted by molar-refractivity contribution is -0.134. The largest absolute Gasteiger partial charge is 0.490 e. The van der Waals surface area contributed by atoms with Crippen LogP contribution in [-0.2, 0) is 14.3 Å². The van der Waals surface area contributed by atoms with Gasteiger partial charge in [0.25, 0.3) is 5.91 Å². The van der Waals surface area contributed by atoms with Crippen molar-refractivity contribution in [2.24, 2.45) is 5.92 Å². The Balaban J connectivity index is 1.36. The highest BCUT2D eigenvalue weighted by Gasteiger charge is 2.39. The average molecular weight is 472 g/mol. The third-order valence-corrected chi connectivity index (χ3v) is 7.34. The Kier molecular flexibility index (Phi) is 8.08. The first-order valence-electron chi connectivity index (χ1n) is 12.7. The molecular formula is C26H37N3O5. The molecule has 1 aliphatic carbocycles. The van der Waals surface area contributed by atoms with Crippen molar-refractivity contribution in [3.63, 3.8) is 0 Å². The van der Waals surface area contributed by atoms with E-state index >= 15 is 0 Å². The number of nitrogens with zero attached hydrogens (tertiary/aromatic N) is 1. The summed E-state index contributed by atoms with van der Waals surface area (Å²) >= 11 is 0. The van der Waals surface area contributed by atoms with Gasteiger partial charge in [-0.05, 0) is 49.8 Å². The molecule has 0 unspecified atom stereocenters. The first-order valence-corrected chi connectivity index (χ1v) is 12.7. The van der Waals surface area contributed by atoms with E-state index in [9.17, 15) is 14.4 Å². The van der Waals surface area contributed by atoms with Crippen molar-refractivity contribution in [1.82, 2.24) is 10.2 Å². The van der Waals surface area contributed by atoms with Gasteiger partial charge in [-0.2, -0.15) is 0 Å². The summed E-state index contributed by atoms with van der Waals surface area (Å²) in [5, 5.41) is 5.90. The molecule has 0 bridgehead atoms. The molecule has 1 saturated heterocycles. The van der Waals surface area contributed by atoms with Gasteiger partial charge in [0.05, 0.1) is 24.1 Å². The molecule has 3 aliphatic rings. The highest BCUT2D eigenvalue weighted by molar-refractivity contribution is 5.99. The lowest BCUT2D eigenvalue weighted by Gasteiger charge is -2.42. The SMILES string of the molecule is CCC(=O)Nc1ccc2c(c1)C(=O)N(C)[C@H]1CC[C@@H](CC(=O)NCC3CCCCC3)O[C@@H]1CO2. The summed E-state index contributed by atoms with van der Waals surface area (Å²) in [5.74, 6) is 0.841. The number of amides is 3. The third-order valence-electron chi connectivity index (χ3n) is 7.34. The van der Waals surface area contributed by atoms with Crippen LogP contribution in [0.3, 0.4) is 0 Å². The molecule has 2 aliphatic heterocycles. The molecule has 0 radical (unpaired) electrons. The van der Waals surface area contributed by atoms with Gasteiger partial charge >= 0.3 is 0 Å². The van der Waals surface area contributed by atoms with Crippen LogP contribution in [0.25, 0.3) is 0 Å². The predicted molar refractivity (Wildman–Crippen MR) is 129 cm³/mol. The van der Waals surface area contributed by atoms with Crippen molar-refractivity contribution in [2.45, 2.75) is 83.0 Å². The molecule has 8 nitrogen and oxygen atoms in total. The summed E-state index contributed by atoms with van der Waals surface area (Å²) in [6.45, 7) is 2.84. The van der Waals surface area contributed by atoms with Crippen molar-refractivity contribution < 1.29 is 23.9 Å². The predicted octanol–water partition coefficient (Wildman–Crippen LogP) is 3.50. The molecule has 8 heteroatoms. The van der Waals surface area contributed by atoms with E-state index in [4.69, 9.17) is 9.47 Å². The number of anilines is 1. The summed E-state index contributed by atoms with van der Waals surface area (Å²) < 4.78 is 12.3. The quantitative estimate of drug-likeness (QED) is 0.662. The van der Waals surface area contributed by atoms with Crippen LogP contribution in [0.2, 0.25) is 0 Å². The van der Waals surface area contributed by atoms with Crippen molar-refractivity contribution in [3.05, 3.63) is 23.8 Å². The molecule has 2 N–H and O–H groups in total. The van der Waals surface area contributed by atoms with E-state index in [1.54, 1.807) is 37.1 Å². The maximum Gasteiger partial charge on any atom is 0.257 e. The number of likely N-dealkylation sites (N-methyl/N-ethyl adjacent to an activating group) is 1.